The average molecular weight is 209 g/mol. The first kappa shape index (κ1) is 12.9. The van der Waals surface area contributed by atoms with Crippen LogP contribution in [-0.2, 0) is 21.7 Å². The molecule has 0 spiro atoms. The van der Waals surface area contributed by atoms with Crippen molar-refractivity contribution < 1.29 is 21.7 Å². The van der Waals surface area contributed by atoms with Crippen LogP contribution in [0, 0.1) is 6.07 Å². The smallest absolute Gasteiger partial charge is 0 e. The van der Waals surface area contributed by atoms with E-state index in [1.807, 2.05) is 0 Å². The van der Waals surface area contributed by atoms with Crippen molar-refractivity contribution in [2.24, 2.45) is 0 Å². The van der Waals surface area contributed by atoms with Crippen LogP contribution in [0.5, 0.6) is 0 Å². The molecular weight excluding hydrogens is 192 g/mol. The van der Waals surface area contributed by atoms with Crippen molar-refractivity contribution >= 4 is 0 Å². The largest absolute Gasteiger partial charge is 0.176 e. The van der Waals surface area contributed by atoms with E-state index in [-0.39, 0.29) is 21.7 Å². The molecule has 0 bridgehead atoms. The summed E-state index contributed by atoms with van der Waals surface area (Å²) in [7, 11) is 0. The monoisotopic (exact) mass is 209 g/mol. The third-order valence-corrected chi connectivity index (χ3v) is 2.08. The fraction of sp³-hybridized carbons (Fsp3) is 0.500. The first-order valence-corrected chi connectivity index (χ1v) is 4.63. The minimum absolute atomic E-state index is 0. The molecule has 0 aromatic heterocycles. The van der Waals surface area contributed by atoms with E-state index in [4.69, 9.17) is 0 Å². The van der Waals surface area contributed by atoms with E-state index in [0.29, 0.717) is 11.8 Å². The Bertz CT molecular complexity index is 228. The zero-order chi connectivity index (χ0) is 9.14. The van der Waals surface area contributed by atoms with Crippen molar-refractivity contribution in [2.45, 2.75) is 39.5 Å². The van der Waals surface area contributed by atoms with Crippen LogP contribution in [-0.4, -0.2) is 0 Å². The Hall–Kier alpha value is -0.0657. The second-order valence-corrected chi connectivity index (χ2v) is 3.87. The van der Waals surface area contributed by atoms with Gasteiger partial charge < -0.3 is 0 Å². The van der Waals surface area contributed by atoms with Crippen molar-refractivity contribution in [3.8, 4) is 0 Å². The molecule has 0 amide bonds. The summed E-state index contributed by atoms with van der Waals surface area (Å²) in [5, 5.41) is 0. The van der Waals surface area contributed by atoms with Crippen LogP contribution < -0.4 is 0 Å². The second kappa shape index (κ2) is 5.62. The van der Waals surface area contributed by atoms with Gasteiger partial charge in [0.25, 0.3) is 0 Å². The molecule has 70 valence electrons. The SMILES string of the molecule is CC(C)c1[c-]c(C(C)C)ccc1.[Ti]. The summed E-state index contributed by atoms with van der Waals surface area (Å²) in [5.41, 5.74) is 2.64. The Morgan fingerprint density at radius 1 is 0.923 bits per heavy atom. The van der Waals surface area contributed by atoms with Crippen LogP contribution in [0.2, 0.25) is 0 Å². The zero-order valence-corrected chi connectivity index (χ0v) is 10.4. The van der Waals surface area contributed by atoms with Crippen LogP contribution in [0.25, 0.3) is 0 Å². The van der Waals surface area contributed by atoms with Gasteiger partial charge in [0, 0.05) is 21.7 Å². The van der Waals surface area contributed by atoms with Crippen LogP contribution in [0.4, 0.5) is 0 Å². The molecule has 0 aliphatic heterocycles. The summed E-state index contributed by atoms with van der Waals surface area (Å²) in [6.45, 7) is 8.82. The molecular formula is C12H17Ti-. The Balaban J connectivity index is 0.00000144. The van der Waals surface area contributed by atoms with Crippen LogP contribution in [0.3, 0.4) is 0 Å². The molecule has 0 radical (unpaired) electrons. The topological polar surface area (TPSA) is 0 Å². The molecule has 0 aliphatic rings. The van der Waals surface area contributed by atoms with E-state index < -0.39 is 0 Å². The summed E-state index contributed by atoms with van der Waals surface area (Å²) >= 11 is 0. The van der Waals surface area contributed by atoms with Crippen molar-refractivity contribution in [1.29, 1.82) is 0 Å². The second-order valence-electron chi connectivity index (χ2n) is 3.87. The van der Waals surface area contributed by atoms with E-state index in [9.17, 15) is 0 Å². The number of benzene rings is 1. The van der Waals surface area contributed by atoms with Crippen molar-refractivity contribution in [1.82, 2.24) is 0 Å². The molecule has 0 heterocycles. The number of hydrogen-bond donors (Lipinski definition) is 0. The van der Waals surface area contributed by atoms with Gasteiger partial charge in [-0.3, -0.25) is 0 Å². The standard InChI is InChI=1S/C12H17.Ti/c1-9(2)11-6-5-7-12(8-11)10(3)4;/h5-7,9-10H,1-4H3;/q-1;. The van der Waals surface area contributed by atoms with Gasteiger partial charge in [0.1, 0.15) is 0 Å². The number of rotatable bonds is 2. The van der Waals surface area contributed by atoms with Crippen molar-refractivity contribution in [3.63, 3.8) is 0 Å². The maximum Gasteiger partial charge on any atom is 0 e. The van der Waals surface area contributed by atoms with Gasteiger partial charge >= 0.3 is 0 Å². The molecule has 13 heavy (non-hydrogen) atoms. The zero-order valence-electron chi connectivity index (χ0n) is 8.89. The Kier molecular flexibility index (Phi) is 5.59. The third-order valence-electron chi connectivity index (χ3n) is 2.08. The Labute approximate surface area is 96.6 Å². The summed E-state index contributed by atoms with van der Waals surface area (Å²) in [6.07, 6.45) is 0. The molecule has 0 saturated carbocycles. The predicted octanol–water partition coefficient (Wildman–Crippen LogP) is 3.73. The summed E-state index contributed by atoms with van der Waals surface area (Å²) in [4.78, 5) is 0. The molecule has 0 N–H and O–H groups in total. The van der Waals surface area contributed by atoms with E-state index in [1.54, 1.807) is 0 Å². The fourth-order valence-corrected chi connectivity index (χ4v) is 1.18. The first-order valence-electron chi connectivity index (χ1n) is 4.63. The van der Waals surface area contributed by atoms with E-state index in [1.165, 1.54) is 11.1 Å². The minimum atomic E-state index is 0. The summed E-state index contributed by atoms with van der Waals surface area (Å²) < 4.78 is 0. The van der Waals surface area contributed by atoms with E-state index >= 15 is 0 Å². The minimum Gasteiger partial charge on any atom is -0.176 e. The van der Waals surface area contributed by atoms with E-state index in [0.717, 1.165) is 0 Å². The van der Waals surface area contributed by atoms with Crippen LogP contribution >= 0.6 is 0 Å². The molecule has 0 saturated heterocycles. The van der Waals surface area contributed by atoms with Gasteiger partial charge in [-0.15, -0.1) is 0 Å². The summed E-state index contributed by atoms with van der Waals surface area (Å²) in [5.74, 6) is 1.17. The predicted molar refractivity (Wildman–Crippen MR) is 53.5 cm³/mol. The van der Waals surface area contributed by atoms with Crippen LogP contribution in [0.1, 0.15) is 50.7 Å². The molecule has 0 unspecified atom stereocenters. The molecule has 0 atom stereocenters. The van der Waals surface area contributed by atoms with E-state index in [2.05, 4.69) is 52.0 Å². The van der Waals surface area contributed by atoms with Gasteiger partial charge in [0.15, 0.2) is 0 Å². The molecule has 0 fully saturated rings. The third kappa shape index (κ3) is 3.66. The molecule has 1 rings (SSSR count). The summed E-state index contributed by atoms with van der Waals surface area (Å²) in [6, 6.07) is 9.87. The maximum atomic E-state index is 3.44. The van der Waals surface area contributed by atoms with Gasteiger partial charge in [-0.25, -0.2) is 0 Å². The maximum absolute atomic E-state index is 3.44. The van der Waals surface area contributed by atoms with Crippen molar-refractivity contribution in [3.05, 3.63) is 35.4 Å². The van der Waals surface area contributed by atoms with Gasteiger partial charge in [-0.2, -0.15) is 35.4 Å². The Morgan fingerprint density at radius 3 is 1.62 bits per heavy atom. The fourth-order valence-electron chi connectivity index (χ4n) is 1.18. The number of hydrogen-bond acceptors (Lipinski definition) is 0. The molecule has 1 aromatic carbocycles. The Morgan fingerprint density at radius 2 is 1.31 bits per heavy atom. The molecule has 0 nitrogen and oxygen atoms in total. The molecule has 1 heteroatoms. The first-order chi connectivity index (χ1) is 5.61. The average Bonchev–Trinajstić information content (AvgIpc) is 2.04. The van der Waals surface area contributed by atoms with Crippen LogP contribution in [0.15, 0.2) is 18.2 Å². The van der Waals surface area contributed by atoms with Gasteiger partial charge in [0.2, 0.25) is 0 Å². The molecule has 1 aromatic rings. The van der Waals surface area contributed by atoms with Gasteiger partial charge in [0.05, 0.1) is 0 Å². The van der Waals surface area contributed by atoms with Crippen molar-refractivity contribution in [2.75, 3.05) is 0 Å². The normalized spacial score (nSPS) is 10.3. The van der Waals surface area contributed by atoms with Gasteiger partial charge in [-0.1, -0.05) is 27.7 Å². The molecule has 0 aliphatic carbocycles. The quantitative estimate of drug-likeness (QED) is 0.514. The van der Waals surface area contributed by atoms with Gasteiger partial charge in [-0.05, 0) is 11.8 Å².